The van der Waals surface area contributed by atoms with Crippen LogP contribution in [-0.2, 0) is 9.59 Å². The van der Waals surface area contributed by atoms with Crippen LogP contribution in [0.1, 0.15) is 20.3 Å². The van der Waals surface area contributed by atoms with Gasteiger partial charge in [-0.2, -0.15) is 0 Å². The van der Waals surface area contributed by atoms with Gasteiger partial charge in [0.2, 0.25) is 11.8 Å². The molecule has 0 aliphatic carbocycles. The summed E-state index contributed by atoms with van der Waals surface area (Å²) in [6, 6.07) is 0. The number of aliphatic hydroxyl groups excluding tert-OH is 2. The molecule has 1 atom stereocenters. The fourth-order valence-corrected chi connectivity index (χ4v) is 2.21. The quantitative estimate of drug-likeness (QED) is 0.331. The Hall–Kier alpha value is -1.22. The zero-order valence-corrected chi connectivity index (χ0v) is 14.1. The highest BCUT2D eigenvalue weighted by molar-refractivity contribution is 5.82. The van der Waals surface area contributed by atoms with Crippen molar-refractivity contribution in [3.05, 3.63) is 0 Å². The van der Waals surface area contributed by atoms with Gasteiger partial charge in [-0.25, -0.2) is 0 Å². The molecule has 0 radical (unpaired) electrons. The third-order valence-electron chi connectivity index (χ3n) is 4.01. The molecular weight excluding hydrogens is 300 g/mol. The van der Waals surface area contributed by atoms with Crippen LogP contribution in [0.5, 0.6) is 0 Å². The minimum absolute atomic E-state index is 0.128. The predicted molar refractivity (Wildman–Crippen MR) is 86.8 cm³/mol. The van der Waals surface area contributed by atoms with Crippen molar-refractivity contribution in [1.29, 1.82) is 0 Å². The summed E-state index contributed by atoms with van der Waals surface area (Å²) in [7, 11) is 0. The monoisotopic (exact) mass is 330 g/mol. The van der Waals surface area contributed by atoms with E-state index in [1.54, 1.807) is 13.8 Å². The molecule has 0 spiro atoms. The number of hydrogen-bond acceptors (Lipinski definition) is 6. The van der Waals surface area contributed by atoms with Crippen molar-refractivity contribution < 1.29 is 19.8 Å². The molecule has 8 heteroatoms. The molecule has 0 bridgehead atoms. The number of nitrogens with one attached hydrogen (secondary N) is 3. The largest absolute Gasteiger partial charge is 0.396 e. The molecule has 1 aliphatic heterocycles. The van der Waals surface area contributed by atoms with E-state index >= 15 is 0 Å². The van der Waals surface area contributed by atoms with Crippen LogP contribution in [0, 0.1) is 5.41 Å². The Morgan fingerprint density at radius 2 is 1.87 bits per heavy atom. The van der Waals surface area contributed by atoms with E-state index < -0.39 is 17.4 Å². The number of carbonyl (C=O) groups is 2. The molecule has 0 aromatic rings. The highest BCUT2D eigenvalue weighted by atomic mass is 16.3. The Labute approximate surface area is 137 Å². The first-order chi connectivity index (χ1) is 10.9. The zero-order valence-electron chi connectivity index (χ0n) is 14.1. The summed E-state index contributed by atoms with van der Waals surface area (Å²) in [5.41, 5.74) is -0.907. The van der Waals surface area contributed by atoms with Crippen molar-refractivity contribution in [2.24, 2.45) is 5.41 Å². The van der Waals surface area contributed by atoms with Crippen LogP contribution in [0.25, 0.3) is 0 Å². The fraction of sp³-hybridized carbons (Fsp3) is 0.867. The summed E-state index contributed by atoms with van der Waals surface area (Å²) < 4.78 is 0. The van der Waals surface area contributed by atoms with E-state index in [4.69, 9.17) is 5.11 Å². The Balaban J connectivity index is 2.12. The van der Waals surface area contributed by atoms with E-state index in [2.05, 4.69) is 20.9 Å². The second-order valence-corrected chi connectivity index (χ2v) is 6.53. The van der Waals surface area contributed by atoms with Gasteiger partial charge in [-0.15, -0.1) is 0 Å². The van der Waals surface area contributed by atoms with Crippen molar-refractivity contribution >= 4 is 11.8 Å². The first kappa shape index (κ1) is 19.8. The molecule has 0 aromatic carbocycles. The van der Waals surface area contributed by atoms with E-state index in [9.17, 15) is 14.7 Å². The topological polar surface area (TPSA) is 114 Å². The molecule has 0 unspecified atom stereocenters. The molecule has 2 amide bonds. The first-order valence-corrected chi connectivity index (χ1v) is 8.13. The average Bonchev–Trinajstić information content (AvgIpc) is 2.55. The van der Waals surface area contributed by atoms with Gasteiger partial charge >= 0.3 is 0 Å². The summed E-state index contributed by atoms with van der Waals surface area (Å²) in [5, 5.41) is 27.5. The molecule has 1 rings (SSSR count). The molecule has 1 saturated heterocycles. The van der Waals surface area contributed by atoms with E-state index in [0.717, 1.165) is 32.7 Å². The first-order valence-electron chi connectivity index (χ1n) is 8.13. The lowest BCUT2D eigenvalue weighted by Crippen LogP contribution is -2.47. The molecule has 8 nitrogen and oxygen atoms in total. The summed E-state index contributed by atoms with van der Waals surface area (Å²) in [6.07, 6.45) is -1.14. The van der Waals surface area contributed by atoms with E-state index in [-0.39, 0.29) is 25.5 Å². The van der Waals surface area contributed by atoms with E-state index in [1.807, 2.05) is 0 Å². The van der Waals surface area contributed by atoms with Crippen LogP contribution < -0.4 is 16.0 Å². The summed E-state index contributed by atoms with van der Waals surface area (Å²) in [4.78, 5) is 25.7. The smallest absolute Gasteiger partial charge is 0.249 e. The van der Waals surface area contributed by atoms with Gasteiger partial charge in [0.25, 0.3) is 0 Å². The SMILES string of the molecule is CC(C)(CO)[C@@H](O)C(=O)NCCC(=O)NCCN1CCNCC1. The Kier molecular flexibility index (Phi) is 8.46. The molecule has 0 aromatic heterocycles. The Morgan fingerprint density at radius 1 is 1.22 bits per heavy atom. The number of piperazine rings is 1. The molecule has 1 heterocycles. The highest BCUT2D eigenvalue weighted by Gasteiger charge is 2.32. The predicted octanol–water partition coefficient (Wildman–Crippen LogP) is -2.11. The van der Waals surface area contributed by atoms with Crippen LogP contribution in [-0.4, -0.2) is 85.5 Å². The molecule has 23 heavy (non-hydrogen) atoms. The second kappa shape index (κ2) is 9.82. The molecular formula is C15H30N4O4. The van der Waals surface area contributed by atoms with Gasteiger partial charge in [0, 0.05) is 57.6 Å². The van der Waals surface area contributed by atoms with E-state index in [0.29, 0.717) is 6.54 Å². The maximum Gasteiger partial charge on any atom is 0.249 e. The Bertz CT molecular complexity index is 384. The standard InChI is InChI=1S/C15H30N4O4/c1-15(2,11-20)13(22)14(23)18-4-3-12(21)17-7-10-19-8-5-16-6-9-19/h13,16,20,22H,3-11H2,1-2H3,(H,17,21)(H,18,23)/t13-/m0/s1. The van der Waals surface area contributed by atoms with Gasteiger partial charge in [-0.3, -0.25) is 14.5 Å². The van der Waals surface area contributed by atoms with Crippen molar-refractivity contribution in [1.82, 2.24) is 20.9 Å². The Morgan fingerprint density at radius 3 is 2.48 bits per heavy atom. The van der Waals surface area contributed by atoms with E-state index in [1.165, 1.54) is 0 Å². The number of nitrogens with zero attached hydrogens (tertiary/aromatic N) is 1. The summed E-state index contributed by atoms with van der Waals surface area (Å²) in [5.74, 6) is -0.700. The van der Waals surface area contributed by atoms with Crippen LogP contribution in [0.3, 0.4) is 0 Å². The molecule has 1 aliphatic rings. The van der Waals surface area contributed by atoms with Crippen molar-refractivity contribution in [2.45, 2.75) is 26.4 Å². The fourth-order valence-electron chi connectivity index (χ4n) is 2.21. The normalized spacial score (nSPS) is 17.6. The van der Waals surface area contributed by atoms with Gasteiger partial charge in [-0.05, 0) is 0 Å². The molecule has 5 N–H and O–H groups in total. The van der Waals surface area contributed by atoms with Crippen LogP contribution in [0.2, 0.25) is 0 Å². The van der Waals surface area contributed by atoms with Gasteiger partial charge in [0.15, 0.2) is 0 Å². The molecule has 1 fully saturated rings. The van der Waals surface area contributed by atoms with Crippen LogP contribution in [0.15, 0.2) is 0 Å². The third kappa shape index (κ3) is 7.26. The summed E-state index contributed by atoms with van der Waals surface area (Å²) >= 11 is 0. The molecule has 134 valence electrons. The summed E-state index contributed by atoms with van der Waals surface area (Å²) in [6.45, 7) is 8.41. The van der Waals surface area contributed by atoms with Crippen molar-refractivity contribution in [3.8, 4) is 0 Å². The average molecular weight is 330 g/mol. The molecule has 0 saturated carbocycles. The second-order valence-electron chi connectivity index (χ2n) is 6.53. The number of carbonyl (C=O) groups excluding carboxylic acids is 2. The number of amides is 2. The highest BCUT2D eigenvalue weighted by Crippen LogP contribution is 2.19. The van der Waals surface area contributed by atoms with Gasteiger partial charge in [0.1, 0.15) is 6.10 Å². The van der Waals surface area contributed by atoms with Crippen molar-refractivity contribution in [3.63, 3.8) is 0 Å². The maximum atomic E-state index is 11.7. The lowest BCUT2D eigenvalue weighted by Gasteiger charge is -2.27. The van der Waals surface area contributed by atoms with Gasteiger partial charge < -0.3 is 26.2 Å². The van der Waals surface area contributed by atoms with Gasteiger partial charge in [0.05, 0.1) is 6.61 Å². The third-order valence-corrected chi connectivity index (χ3v) is 4.01. The number of rotatable bonds is 9. The zero-order chi connectivity index (χ0) is 17.3. The van der Waals surface area contributed by atoms with Crippen molar-refractivity contribution in [2.75, 3.05) is 52.4 Å². The number of aliphatic hydroxyl groups is 2. The lowest BCUT2D eigenvalue weighted by atomic mass is 9.87. The van der Waals surface area contributed by atoms with Crippen LogP contribution >= 0.6 is 0 Å². The lowest BCUT2D eigenvalue weighted by molar-refractivity contribution is -0.137. The minimum atomic E-state index is -1.30. The number of hydrogen-bond donors (Lipinski definition) is 5. The minimum Gasteiger partial charge on any atom is -0.396 e. The maximum absolute atomic E-state index is 11.7. The van der Waals surface area contributed by atoms with Crippen LogP contribution in [0.4, 0.5) is 0 Å². The van der Waals surface area contributed by atoms with Gasteiger partial charge in [-0.1, -0.05) is 13.8 Å².